The van der Waals surface area contributed by atoms with Crippen LogP contribution in [0.2, 0.25) is 0 Å². The van der Waals surface area contributed by atoms with Crippen molar-refractivity contribution >= 4 is 140 Å². The largest absolute Gasteiger partial charge is 0.292 e. The molecule has 16 rings (SSSR count). The smallest absolute Gasteiger partial charge is 0.145 e. The van der Waals surface area contributed by atoms with Gasteiger partial charge in [-0.05, 0) is 112 Å². The van der Waals surface area contributed by atoms with Crippen molar-refractivity contribution in [1.82, 2.24) is 28.7 Å². The Balaban J connectivity index is 0.000000175. The molecule has 0 saturated carbocycles. The van der Waals surface area contributed by atoms with Crippen LogP contribution in [0.15, 0.2) is 358 Å². The molecule has 1 atom stereocenters. The number of rotatable bonds is 13. The fourth-order valence-corrected chi connectivity index (χ4v) is 20.3. The van der Waals surface area contributed by atoms with Crippen LogP contribution in [0.1, 0.15) is 0 Å². The van der Waals surface area contributed by atoms with E-state index >= 15 is 4.57 Å². The third kappa shape index (κ3) is 12.9. The molecule has 8 nitrogen and oxygen atoms in total. The van der Waals surface area contributed by atoms with E-state index in [1.54, 1.807) is 9.84 Å². The number of fused-ring (bicyclic) bond motifs is 3. The maximum absolute atomic E-state index is 15.0. The van der Waals surface area contributed by atoms with E-state index in [4.69, 9.17) is 21.6 Å². The normalized spacial score (nSPS) is 11.4. The minimum atomic E-state index is -3.05. The average molecular weight is 1520 g/mol. The first kappa shape index (κ1) is 62.9. The molecule has 0 spiro atoms. The van der Waals surface area contributed by atoms with Crippen LogP contribution in [-0.4, -0.2) is 65.3 Å². The molecule has 1 unspecified atom stereocenters. The number of hydrogen-bond donors (Lipinski definition) is 0. The van der Waals surface area contributed by atoms with Gasteiger partial charge in [-0.3, -0.25) is 24.4 Å². The van der Waals surface area contributed by atoms with Crippen LogP contribution in [0, 0.1) is 0 Å². The van der Waals surface area contributed by atoms with Crippen LogP contribution in [0.25, 0.3) is 84.3 Å². The van der Waals surface area contributed by atoms with Gasteiger partial charge in [0.2, 0.25) is 0 Å². The molecule has 0 aliphatic rings. The Bertz CT molecular complexity index is 4940. The summed E-state index contributed by atoms with van der Waals surface area (Å²) in [5.41, 5.74) is 11.9. The number of benzene rings is 13. The first-order chi connectivity index (χ1) is 47.3. The second-order valence-corrected chi connectivity index (χ2v) is 29.6. The summed E-state index contributed by atoms with van der Waals surface area (Å²) in [6.45, 7) is 0. The first-order valence-electron chi connectivity index (χ1n) is 31.6. The van der Waals surface area contributed by atoms with Gasteiger partial charge in [-0.1, -0.05) is 268 Å². The Morgan fingerprint density at radius 3 is 0.842 bits per heavy atom. The summed E-state index contributed by atoms with van der Waals surface area (Å²) >= 11 is 0. The minimum absolute atomic E-state index is 0. The number of aromatic nitrogens is 6. The van der Waals surface area contributed by atoms with E-state index in [0.29, 0.717) is 0 Å². The molecule has 0 fully saturated rings. The van der Waals surface area contributed by atoms with Gasteiger partial charge in [-0.25, -0.2) is 23.0 Å². The van der Waals surface area contributed by atoms with Crippen molar-refractivity contribution in [2.75, 3.05) is 0 Å². The van der Waals surface area contributed by atoms with E-state index in [0.717, 1.165) is 100 Å². The van der Waals surface area contributed by atoms with Gasteiger partial charge in [-0.2, -0.15) is 9.84 Å². The van der Waals surface area contributed by atoms with E-state index in [1.165, 1.54) is 20.7 Å². The average Bonchev–Trinajstić information content (AvgIpc) is 1.40. The molecule has 3 aromatic heterocycles. The van der Waals surface area contributed by atoms with Gasteiger partial charge >= 0.3 is 26.2 Å². The summed E-state index contributed by atoms with van der Waals surface area (Å²) < 4.78 is 42.5. The topological polar surface area (TPSA) is 87.6 Å². The van der Waals surface area contributed by atoms with E-state index in [2.05, 4.69) is 283 Å². The van der Waals surface area contributed by atoms with Crippen LogP contribution in [0.3, 0.4) is 0 Å². The van der Waals surface area contributed by atoms with Crippen molar-refractivity contribution in [1.29, 1.82) is 2.40 Å². The van der Waals surface area contributed by atoms with Crippen LogP contribution in [-0.2, 0) is 19.5 Å². The monoisotopic (exact) mass is 1520 g/mol. The maximum atomic E-state index is 15.0. The number of imidazole rings is 3. The summed E-state index contributed by atoms with van der Waals surface area (Å²) in [6, 6.07) is 124. The zero-order chi connectivity index (χ0) is 65.9. The molecule has 0 bridgehead atoms. The van der Waals surface area contributed by atoms with Crippen molar-refractivity contribution in [3.05, 3.63) is 358 Å². The van der Waals surface area contributed by atoms with Gasteiger partial charge in [0, 0.05) is 49.7 Å². The van der Waals surface area contributed by atoms with Gasteiger partial charge in [0.15, 0.2) is 15.2 Å². The van der Waals surface area contributed by atoms with E-state index in [1.807, 2.05) is 97.1 Å². The maximum Gasteiger partial charge on any atom is 0.145 e. The van der Waals surface area contributed by atoms with E-state index in [-0.39, 0.29) is 26.2 Å². The Kier molecular flexibility index (Phi) is 19.8. The second-order valence-electron chi connectivity index (χ2n) is 22.3. The van der Waals surface area contributed by atoms with Gasteiger partial charge in [0.25, 0.3) is 0 Å². The van der Waals surface area contributed by atoms with Crippen molar-refractivity contribution in [2.24, 2.45) is 0 Å². The Morgan fingerprint density at radius 1 is 0.337 bits per heavy atom. The van der Waals surface area contributed by atoms with E-state index < -0.39 is 26.0 Å². The van der Waals surface area contributed by atoms with Gasteiger partial charge in [0.1, 0.15) is 17.5 Å². The van der Waals surface area contributed by atoms with E-state index in [9.17, 15) is 0 Å². The fourth-order valence-electron chi connectivity index (χ4n) is 12.9. The zero-order valence-corrected chi connectivity index (χ0v) is 60.9. The third-order valence-corrected chi connectivity index (χ3v) is 24.8. The fraction of sp³-hybridized carbons (Fsp3) is 0. The quantitative estimate of drug-likeness (QED) is 0.0377. The molecule has 1 radical (unpaired) electrons. The van der Waals surface area contributed by atoms with Crippen molar-refractivity contribution < 1.29 is 8.77 Å². The standard InChI is InChI=1S/C45H30N6.C36H29OPSi.Bi.H2OPS.H3P.2H/c1-4-16-34(17-5-1)49-40-25-13-10-22-37(40)46-43(49)31-28-32(44-47-38-23-11-14-26-41(38)50(44)35-18-6-2-7-19-35)30-33(29-31)45-48-39-24-12-15-27-42(39)51(45)36-20-8-3-9-21-36;37-38(30-16-6-1-7-17-30,31-18-8-2-9-19-31)32-26-28-36(29-27-32)39(33-20-10-3-11-21-33,34-22-12-4-13-23-34)35-24-14-5-15-25-35;;1-3-2;;;/h1-30H;1-29H;;2-3H;1H3;;/q;;;-1;;;/i;;;3T;1T;;. The predicted octanol–water partition coefficient (Wildman–Crippen LogP) is 14.8. The van der Waals surface area contributed by atoms with Crippen LogP contribution in [0.5, 0.6) is 0 Å². The summed E-state index contributed by atoms with van der Waals surface area (Å²) in [5, 5.41) is 7.78. The predicted molar refractivity (Wildman–Crippen MR) is 413 cm³/mol. The summed E-state index contributed by atoms with van der Waals surface area (Å²) in [5.74, 6) is 2.53. The molecule has 0 saturated heterocycles. The third-order valence-electron chi connectivity index (χ3n) is 17.0. The Labute approximate surface area is 584 Å². The molecule has 95 heavy (non-hydrogen) atoms. The molecular formula is C81H66BiN6O2P3SSi-. The number of para-hydroxylation sites is 9. The first-order valence-corrected chi connectivity index (χ1v) is 36.3. The van der Waals surface area contributed by atoms with Crippen LogP contribution >= 0.6 is 25.0 Å². The molecule has 0 N–H and O–H groups in total. The Morgan fingerprint density at radius 2 is 0.558 bits per heavy atom. The molecule has 0 aliphatic carbocycles. The van der Waals surface area contributed by atoms with Crippen molar-refractivity contribution in [2.45, 2.75) is 0 Å². The zero-order valence-electron chi connectivity index (χ0n) is 53.6. The van der Waals surface area contributed by atoms with Crippen LogP contribution < -0.4 is 36.7 Å². The summed E-state index contributed by atoms with van der Waals surface area (Å²) in [6.07, 6.45) is 0. The minimum Gasteiger partial charge on any atom is -0.292 e. The van der Waals surface area contributed by atoms with Gasteiger partial charge in [-0.15, -0.1) is 0 Å². The molecule has 3 heterocycles. The summed E-state index contributed by atoms with van der Waals surface area (Å²) in [4.78, 5) is 15.9. The van der Waals surface area contributed by atoms with Crippen LogP contribution in [0.4, 0.5) is 0 Å². The number of thiol groups is 1. The molecule has 13 aromatic carbocycles. The molecule has 16 aromatic rings. The molecule has 14 heteroatoms. The Hall–Kier alpha value is -9.52. The molecule has 463 valence electrons. The number of hydrogen-bond acceptors (Lipinski definition) is 6. The van der Waals surface area contributed by atoms with Crippen molar-refractivity contribution in [3.8, 4) is 51.2 Å². The SMILES string of the molecule is O=P(c1ccccc1)(c1ccccc1)c1ccc([Si](c2ccccc2)(c2ccccc2)c2ccccc2)cc1.[3H]P.[3H][S-](=O)=P.[BiH2].c1ccc(-n2c(-c3cc(-c4nc5ccccc5n4-c4ccccc4)cc(-c4nc5ccccc5n4-c4ccccc4)c3)nc3ccccc32)cc1. The molecule has 0 aliphatic heterocycles. The second kappa shape index (κ2) is 29.8. The molecule has 0 amide bonds. The summed E-state index contributed by atoms with van der Waals surface area (Å²) in [7, 11) is -3.12. The molecular weight excluding hydrogens is 1450 g/mol. The van der Waals surface area contributed by atoms with Gasteiger partial charge < -0.3 is 8.77 Å². The van der Waals surface area contributed by atoms with Gasteiger partial charge in [0.05, 0.1) is 34.4 Å². The van der Waals surface area contributed by atoms with Crippen molar-refractivity contribution in [3.63, 3.8) is 0 Å². The number of nitrogens with zero attached hydrogens (tertiary/aromatic N) is 6.